The predicted molar refractivity (Wildman–Crippen MR) is 73.4 cm³/mol. The van der Waals surface area contributed by atoms with E-state index >= 15 is 0 Å². The number of carbonyl (C=O) groups is 2. The van der Waals surface area contributed by atoms with Crippen LogP contribution < -0.4 is 5.32 Å². The summed E-state index contributed by atoms with van der Waals surface area (Å²) in [4.78, 5) is 26.6. The third-order valence-electron chi connectivity index (χ3n) is 2.76. The Morgan fingerprint density at radius 2 is 2.26 bits per heavy atom. The molecule has 19 heavy (non-hydrogen) atoms. The van der Waals surface area contributed by atoms with E-state index in [0.29, 0.717) is 12.0 Å². The second-order valence-corrected chi connectivity index (χ2v) is 5.23. The Labute approximate surface area is 114 Å². The van der Waals surface area contributed by atoms with Crippen molar-refractivity contribution in [3.05, 3.63) is 29.3 Å². The monoisotopic (exact) mass is 278 g/mol. The highest BCUT2D eigenvalue weighted by Gasteiger charge is 2.12. The number of carboxylic acids is 1. The molecule has 1 heterocycles. The van der Waals surface area contributed by atoms with E-state index in [2.05, 4.69) is 10.3 Å². The summed E-state index contributed by atoms with van der Waals surface area (Å²) in [7, 11) is 0. The van der Waals surface area contributed by atoms with Crippen LogP contribution in [0, 0.1) is 0 Å². The SMILES string of the molecule is CC(CCC(=O)O)NC(=O)c1ccc2ncsc2c1. The average molecular weight is 278 g/mol. The van der Waals surface area contributed by atoms with Gasteiger partial charge in [-0.25, -0.2) is 4.98 Å². The number of benzene rings is 1. The van der Waals surface area contributed by atoms with Crippen LogP contribution in [0.3, 0.4) is 0 Å². The number of rotatable bonds is 5. The van der Waals surface area contributed by atoms with Gasteiger partial charge < -0.3 is 10.4 Å². The fraction of sp³-hybridized carbons (Fsp3) is 0.308. The van der Waals surface area contributed by atoms with E-state index in [4.69, 9.17) is 5.11 Å². The highest BCUT2D eigenvalue weighted by atomic mass is 32.1. The fourth-order valence-corrected chi connectivity index (χ4v) is 2.43. The minimum absolute atomic E-state index is 0.0509. The molecule has 0 spiro atoms. The molecule has 6 heteroatoms. The number of amides is 1. The third-order valence-corrected chi connectivity index (χ3v) is 3.55. The second-order valence-electron chi connectivity index (χ2n) is 4.34. The Morgan fingerprint density at radius 1 is 1.47 bits per heavy atom. The van der Waals surface area contributed by atoms with Crippen molar-refractivity contribution < 1.29 is 14.7 Å². The van der Waals surface area contributed by atoms with Gasteiger partial charge in [-0.05, 0) is 31.5 Å². The van der Waals surface area contributed by atoms with Crippen LogP contribution in [0.1, 0.15) is 30.1 Å². The molecule has 0 radical (unpaired) electrons. The van der Waals surface area contributed by atoms with Crippen LogP contribution in [0.5, 0.6) is 0 Å². The molecule has 0 aliphatic rings. The van der Waals surface area contributed by atoms with E-state index < -0.39 is 5.97 Å². The smallest absolute Gasteiger partial charge is 0.303 e. The molecule has 1 unspecified atom stereocenters. The van der Waals surface area contributed by atoms with Crippen LogP contribution >= 0.6 is 11.3 Å². The van der Waals surface area contributed by atoms with Crippen LogP contribution in [0.15, 0.2) is 23.7 Å². The van der Waals surface area contributed by atoms with Gasteiger partial charge in [0.25, 0.3) is 5.91 Å². The standard InChI is InChI=1S/C13H14N2O3S/c1-8(2-5-12(16)17)15-13(18)9-3-4-10-11(6-9)19-7-14-10/h3-4,6-8H,2,5H2,1H3,(H,15,18)(H,16,17). The Hall–Kier alpha value is -1.95. The van der Waals surface area contributed by atoms with Crippen molar-refractivity contribution in [1.29, 1.82) is 0 Å². The van der Waals surface area contributed by atoms with Gasteiger partial charge in [0.05, 0.1) is 15.7 Å². The van der Waals surface area contributed by atoms with Crippen LogP contribution in [-0.4, -0.2) is 28.0 Å². The van der Waals surface area contributed by atoms with Gasteiger partial charge in [-0.2, -0.15) is 0 Å². The van der Waals surface area contributed by atoms with Gasteiger partial charge in [-0.15, -0.1) is 11.3 Å². The van der Waals surface area contributed by atoms with Gasteiger partial charge in [0.15, 0.2) is 0 Å². The van der Waals surface area contributed by atoms with Gasteiger partial charge in [-0.1, -0.05) is 0 Å². The zero-order valence-corrected chi connectivity index (χ0v) is 11.2. The minimum Gasteiger partial charge on any atom is -0.481 e. The summed E-state index contributed by atoms with van der Waals surface area (Å²) >= 11 is 1.48. The maximum Gasteiger partial charge on any atom is 0.303 e. The van der Waals surface area contributed by atoms with Crippen molar-refractivity contribution in [3.8, 4) is 0 Å². The van der Waals surface area contributed by atoms with E-state index in [1.807, 2.05) is 6.07 Å². The molecule has 0 saturated carbocycles. The molecule has 1 amide bonds. The molecule has 1 aromatic carbocycles. The van der Waals surface area contributed by atoms with Crippen molar-refractivity contribution in [3.63, 3.8) is 0 Å². The second kappa shape index (κ2) is 5.79. The fourth-order valence-electron chi connectivity index (χ4n) is 1.72. The zero-order chi connectivity index (χ0) is 13.8. The Morgan fingerprint density at radius 3 is 3.00 bits per heavy atom. The number of fused-ring (bicyclic) bond motifs is 1. The van der Waals surface area contributed by atoms with Crippen molar-refractivity contribution in [2.75, 3.05) is 0 Å². The van der Waals surface area contributed by atoms with Gasteiger partial charge >= 0.3 is 5.97 Å². The third kappa shape index (κ3) is 3.51. The highest BCUT2D eigenvalue weighted by Crippen LogP contribution is 2.19. The number of aliphatic carboxylic acids is 1. The Balaban J connectivity index is 2.00. The molecule has 2 N–H and O–H groups in total. The number of nitrogens with zero attached hydrogens (tertiary/aromatic N) is 1. The maximum absolute atomic E-state index is 12.0. The van der Waals surface area contributed by atoms with Crippen molar-refractivity contribution in [2.45, 2.75) is 25.8 Å². The first kappa shape index (κ1) is 13.5. The summed E-state index contributed by atoms with van der Waals surface area (Å²) in [6.07, 6.45) is 0.471. The number of hydrogen-bond donors (Lipinski definition) is 2. The number of thiazole rings is 1. The molecule has 2 rings (SSSR count). The molecule has 0 bridgehead atoms. The van der Waals surface area contributed by atoms with Gasteiger partial charge in [0.2, 0.25) is 0 Å². The van der Waals surface area contributed by atoms with E-state index in [0.717, 1.165) is 10.2 Å². The maximum atomic E-state index is 12.0. The minimum atomic E-state index is -0.854. The molecule has 0 aliphatic heterocycles. The highest BCUT2D eigenvalue weighted by molar-refractivity contribution is 7.16. The van der Waals surface area contributed by atoms with Crippen LogP contribution in [0.4, 0.5) is 0 Å². The lowest BCUT2D eigenvalue weighted by Crippen LogP contribution is -2.32. The average Bonchev–Trinajstić information content (AvgIpc) is 2.83. The zero-order valence-electron chi connectivity index (χ0n) is 10.4. The molecule has 0 aliphatic carbocycles. The summed E-state index contributed by atoms with van der Waals surface area (Å²) in [6.45, 7) is 1.80. The molecule has 1 aromatic heterocycles. The van der Waals surface area contributed by atoms with Gasteiger partial charge in [0, 0.05) is 18.0 Å². The molecule has 1 atom stereocenters. The van der Waals surface area contributed by atoms with E-state index in [1.165, 1.54) is 11.3 Å². The summed E-state index contributed by atoms with van der Waals surface area (Å²) in [5, 5.41) is 11.4. The normalized spacial score (nSPS) is 12.3. The Bertz CT molecular complexity index is 609. The van der Waals surface area contributed by atoms with Crippen molar-refractivity contribution in [1.82, 2.24) is 10.3 Å². The molecule has 100 valence electrons. The summed E-state index contributed by atoms with van der Waals surface area (Å²) in [5.41, 5.74) is 3.18. The quantitative estimate of drug-likeness (QED) is 0.879. The lowest BCUT2D eigenvalue weighted by molar-refractivity contribution is -0.137. The van der Waals surface area contributed by atoms with Crippen LogP contribution in [0.25, 0.3) is 10.2 Å². The van der Waals surface area contributed by atoms with Crippen molar-refractivity contribution in [2.24, 2.45) is 0 Å². The van der Waals surface area contributed by atoms with Crippen LogP contribution in [0.2, 0.25) is 0 Å². The first-order valence-electron chi connectivity index (χ1n) is 5.92. The largest absolute Gasteiger partial charge is 0.481 e. The molecule has 0 saturated heterocycles. The van der Waals surface area contributed by atoms with E-state index in [-0.39, 0.29) is 18.4 Å². The summed E-state index contributed by atoms with van der Waals surface area (Å²) < 4.78 is 0.964. The molecule has 0 fully saturated rings. The van der Waals surface area contributed by atoms with Crippen LogP contribution in [-0.2, 0) is 4.79 Å². The summed E-state index contributed by atoms with van der Waals surface area (Å²) in [6, 6.07) is 5.16. The lowest BCUT2D eigenvalue weighted by Gasteiger charge is -2.12. The first-order chi connectivity index (χ1) is 9.06. The van der Waals surface area contributed by atoms with E-state index in [9.17, 15) is 9.59 Å². The molecule has 5 nitrogen and oxygen atoms in total. The number of carboxylic acid groups (broad SMARTS) is 1. The molecular formula is C13H14N2O3S. The number of carbonyl (C=O) groups excluding carboxylic acids is 1. The number of hydrogen-bond acceptors (Lipinski definition) is 4. The Kier molecular flexibility index (Phi) is 4.11. The predicted octanol–water partition coefficient (Wildman–Crippen LogP) is 2.28. The summed E-state index contributed by atoms with van der Waals surface area (Å²) in [5.74, 6) is -1.04. The molecular weight excluding hydrogens is 264 g/mol. The van der Waals surface area contributed by atoms with Gasteiger partial charge in [0.1, 0.15) is 0 Å². The van der Waals surface area contributed by atoms with Gasteiger partial charge in [-0.3, -0.25) is 9.59 Å². The van der Waals surface area contributed by atoms with Crippen molar-refractivity contribution >= 4 is 33.4 Å². The number of aromatic nitrogens is 1. The topological polar surface area (TPSA) is 79.3 Å². The number of nitrogens with one attached hydrogen (secondary N) is 1. The molecule has 2 aromatic rings. The van der Waals surface area contributed by atoms with E-state index in [1.54, 1.807) is 24.6 Å². The first-order valence-corrected chi connectivity index (χ1v) is 6.80. The lowest BCUT2D eigenvalue weighted by atomic mass is 10.1.